The zero-order valence-electron chi connectivity index (χ0n) is 41.5. The molecule has 0 aliphatic heterocycles. The fourth-order valence-corrected chi connectivity index (χ4v) is 13.6. The molecule has 0 bridgehead atoms. The highest BCUT2D eigenvalue weighted by Crippen LogP contribution is 2.42. The molecule has 0 spiro atoms. The molecule has 2 N–H and O–H groups in total. The maximum Gasteiger partial charge on any atom is 0.488 e. The fourth-order valence-electron chi connectivity index (χ4n) is 11.0. The van der Waals surface area contributed by atoms with Gasteiger partial charge in [0.2, 0.25) is 0 Å². The molecule has 0 aliphatic carbocycles. The van der Waals surface area contributed by atoms with Crippen LogP contribution in [0.15, 0.2) is 243 Å². The highest BCUT2D eigenvalue weighted by atomic mass is 35.5. The van der Waals surface area contributed by atoms with Gasteiger partial charge in [0.15, 0.2) is 0 Å². The van der Waals surface area contributed by atoms with E-state index in [1.165, 1.54) is 78.6 Å². The van der Waals surface area contributed by atoms with Crippen molar-refractivity contribution < 1.29 is 10.0 Å². The summed E-state index contributed by atoms with van der Waals surface area (Å²) in [5.74, 6) is 0. The lowest BCUT2D eigenvalue weighted by atomic mass is 9.80. The average molecular weight is 1060 g/mol. The molecule has 0 aliphatic rings. The molecule has 0 fully saturated rings. The van der Waals surface area contributed by atoms with Crippen LogP contribution in [-0.2, 0) is 0 Å². The van der Waals surface area contributed by atoms with Gasteiger partial charge in [-0.15, -0.1) is 22.7 Å². The predicted octanol–water partition coefficient (Wildman–Crippen LogP) is 17.6. The molecule has 0 saturated carbocycles. The fraction of sp³-hybridized carbons (Fsp3) is 0. The number of rotatable bonds is 4. The molecule has 0 radical (unpaired) electrons. The van der Waals surface area contributed by atoms with E-state index in [9.17, 15) is 10.0 Å². The van der Waals surface area contributed by atoms with Crippen molar-refractivity contribution in [3.63, 3.8) is 0 Å². The lowest BCUT2D eigenvalue weighted by molar-refractivity contribution is 0.426. The van der Waals surface area contributed by atoms with E-state index in [0.717, 1.165) is 60.4 Å². The minimum atomic E-state index is -1.42. The van der Waals surface area contributed by atoms with E-state index in [4.69, 9.17) is 21.6 Å². The molecule has 6 nitrogen and oxygen atoms in total. The SMILES string of the molecule is Clc1cnc2c3ccccc3c3ccccc3c2n1.OB(O)c1ccc(-c2cccc3c2sc2ccccc23)cc1.c1ccc2c(c1)sc1c(-c3ccc(-c4cnc5c6ccccc6c6ccccc6c5n4)cc3)cccc12. The largest absolute Gasteiger partial charge is 0.488 e. The molecule has 4 heterocycles. The summed E-state index contributed by atoms with van der Waals surface area (Å²) in [4.78, 5) is 19.0. The summed E-state index contributed by atoms with van der Waals surface area (Å²) in [6.45, 7) is 0. The summed E-state index contributed by atoms with van der Waals surface area (Å²) < 4.78 is 5.21. The van der Waals surface area contributed by atoms with E-state index in [0.29, 0.717) is 10.6 Å². The van der Waals surface area contributed by atoms with Crippen LogP contribution in [0.5, 0.6) is 0 Å². The van der Waals surface area contributed by atoms with Gasteiger partial charge in [0.1, 0.15) is 5.15 Å². The molecule has 12 aromatic carbocycles. The molecule has 16 aromatic rings. The van der Waals surface area contributed by atoms with Gasteiger partial charge < -0.3 is 10.0 Å². The van der Waals surface area contributed by atoms with Gasteiger partial charge in [0.25, 0.3) is 0 Å². The lowest BCUT2D eigenvalue weighted by Gasteiger charge is -2.10. The molecule has 0 saturated heterocycles. The Bertz CT molecular complexity index is 4920. The van der Waals surface area contributed by atoms with Crippen LogP contribution in [0.25, 0.3) is 139 Å². The van der Waals surface area contributed by atoms with E-state index in [1.807, 2.05) is 53.9 Å². The van der Waals surface area contributed by atoms with Gasteiger partial charge in [-0.05, 0) is 61.4 Å². The van der Waals surface area contributed by atoms with Crippen molar-refractivity contribution in [3.8, 4) is 33.5 Å². The molecule has 10 heteroatoms. The van der Waals surface area contributed by atoms with Crippen molar-refractivity contribution in [2.24, 2.45) is 0 Å². The number of hydrogen-bond acceptors (Lipinski definition) is 8. The summed E-state index contributed by atoms with van der Waals surface area (Å²) >= 11 is 9.66. The van der Waals surface area contributed by atoms with E-state index in [-0.39, 0.29) is 0 Å². The maximum absolute atomic E-state index is 9.21. The zero-order chi connectivity index (χ0) is 52.3. The van der Waals surface area contributed by atoms with Crippen molar-refractivity contribution in [2.45, 2.75) is 0 Å². The lowest BCUT2D eigenvalue weighted by Crippen LogP contribution is -2.29. The van der Waals surface area contributed by atoms with Crippen LogP contribution in [0.4, 0.5) is 0 Å². The van der Waals surface area contributed by atoms with Gasteiger partial charge in [-0.3, -0.25) is 9.97 Å². The number of thiophene rings is 2. The molecule has 0 atom stereocenters. The molecule has 368 valence electrons. The van der Waals surface area contributed by atoms with Crippen LogP contribution in [0, 0.1) is 0 Å². The Morgan fingerprint density at radius 1 is 0.321 bits per heavy atom. The summed E-state index contributed by atoms with van der Waals surface area (Å²) in [5, 5.41) is 33.3. The van der Waals surface area contributed by atoms with E-state index >= 15 is 0 Å². The van der Waals surface area contributed by atoms with Crippen LogP contribution in [-0.4, -0.2) is 37.1 Å². The molecule has 16 rings (SSSR count). The van der Waals surface area contributed by atoms with E-state index < -0.39 is 7.12 Å². The zero-order valence-corrected chi connectivity index (χ0v) is 43.9. The third-order valence-corrected chi connectivity index (χ3v) is 17.3. The third kappa shape index (κ3) is 8.37. The quantitative estimate of drug-likeness (QED) is 0.135. The maximum atomic E-state index is 9.21. The van der Waals surface area contributed by atoms with Crippen molar-refractivity contribution >= 4 is 152 Å². The molecule has 0 unspecified atom stereocenters. The standard InChI is InChI=1S/C34H20N2S.C18H13BO2S.C16H9ClN2/c1-3-11-27-24(8-1)25-9-2-4-12-28(25)33-32(27)35-20-30(36-33)22-18-16-21(17-19-22)23-13-7-14-29-26-10-5-6-15-31(26)37-34(23)29;20-19(21)13-10-8-12(9-11-13)14-5-3-6-16-15-4-1-2-7-17(15)22-18(14)16;17-14-9-18-15-12-7-3-1-5-10(12)11-6-2-4-8-13(11)16(15)19-14/h1-20H;1-11,20-21H;1-9H. The smallest absolute Gasteiger partial charge is 0.423 e. The first-order valence-corrected chi connectivity index (χ1v) is 27.6. The molecule has 4 aromatic heterocycles. The van der Waals surface area contributed by atoms with E-state index in [1.54, 1.807) is 29.7 Å². The molecular weight excluding hydrogens is 1020 g/mol. The number of halogens is 1. The Labute approximate surface area is 460 Å². The Morgan fingerprint density at radius 3 is 1.14 bits per heavy atom. The Kier molecular flexibility index (Phi) is 12.1. The summed E-state index contributed by atoms with van der Waals surface area (Å²) in [6.07, 6.45) is 3.51. The summed E-state index contributed by atoms with van der Waals surface area (Å²) in [6, 6.07) is 79.6. The van der Waals surface area contributed by atoms with Crippen LogP contribution in [0.2, 0.25) is 5.15 Å². The first-order valence-electron chi connectivity index (χ1n) is 25.6. The summed E-state index contributed by atoms with van der Waals surface area (Å²) in [5.41, 5.74) is 10.9. The summed E-state index contributed by atoms with van der Waals surface area (Å²) in [7, 11) is -1.42. The highest BCUT2D eigenvalue weighted by Gasteiger charge is 2.16. The van der Waals surface area contributed by atoms with Gasteiger partial charge in [-0.25, -0.2) is 9.97 Å². The number of hydrogen-bond donors (Lipinski definition) is 2. The average Bonchev–Trinajstić information content (AvgIpc) is 4.18. The third-order valence-electron chi connectivity index (χ3n) is 14.6. The number of nitrogens with zero attached hydrogens (tertiary/aromatic N) is 4. The monoisotopic (exact) mass is 1060 g/mol. The second kappa shape index (κ2) is 19.9. The second-order valence-electron chi connectivity index (χ2n) is 19.2. The van der Waals surface area contributed by atoms with Crippen molar-refractivity contribution in [2.75, 3.05) is 0 Å². The molecular formula is C68H42BClN4O2S2. The first kappa shape index (κ1) is 47.5. The van der Waals surface area contributed by atoms with Crippen molar-refractivity contribution in [3.05, 3.63) is 248 Å². The van der Waals surface area contributed by atoms with Gasteiger partial charge in [0.05, 0.1) is 40.2 Å². The van der Waals surface area contributed by atoms with Crippen molar-refractivity contribution in [1.29, 1.82) is 0 Å². The van der Waals surface area contributed by atoms with Gasteiger partial charge in [0, 0.05) is 67.5 Å². The predicted molar refractivity (Wildman–Crippen MR) is 332 cm³/mol. The van der Waals surface area contributed by atoms with Gasteiger partial charge in [-0.1, -0.05) is 230 Å². The topological polar surface area (TPSA) is 92.0 Å². The number of aromatic nitrogens is 4. The van der Waals surface area contributed by atoms with Gasteiger partial charge >= 0.3 is 7.12 Å². The number of fused-ring (bicyclic) bond motifs is 18. The van der Waals surface area contributed by atoms with Crippen molar-refractivity contribution in [1.82, 2.24) is 19.9 Å². The highest BCUT2D eigenvalue weighted by molar-refractivity contribution is 7.26. The molecule has 78 heavy (non-hydrogen) atoms. The normalized spacial score (nSPS) is 11.5. The Balaban J connectivity index is 0.000000115. The minimum absolute atomic E-state index is 0.424. The van der Waals surface area contributed by atoms with Crippen LogP contribution in [0.1, 0.15) is 0 Å². The first-order chi connectivity index (χ1) is 38.4. The Hall–Kier alpha value is -8.93. The van der Waals surface area contributed by atoms with Crippen LogP contribution in [0.3, 0.4) is 0 Å². The Morgan fingerprint density at radius 2 is 0.679 bits per heavy atom. The minimum Gasteiger partial charge on any atom is -0.423 e. The number of benzene rings is 12. The van der Waals surface area contributed by atoms with E-state index in [2.05, 4.69) is 192 Å². The molecule has 0 amide bonds. The van der Waals surface area contributed by atoms with Crippen LogP contribution >= 0.6 is 34.3 Å². The van der Waals surface area contributed by atoms with Crippen LogP contribution < -0.4 is 5.46 Å². The second-order valence-corrected chi connectivity index (χ2v) is 21.7. The van der Waals surface area contributed by atoms with Gasteiger partial charge in [-0.2, -0.15) is 0 Å².